The van der Waals surface area contributed by atoms with Crippen LogP contribution in [0.3, 0.4) is 0 Å². The van der Waals surface area contributed by atoms with Gasteiger partial charge < -0.3 is 10.2 Å². The molecule has 0 aliphatic carbocycles. The number of aliphatic carboxylic acids is 2. The third-order valence-electron chi connectivity index (χ3n) is 2.42. The first-order valence-corrected chi connectivity index (χ1v) is 5.80. The van der Waals surface area contributed by atoms with E-state index in [1.54, 1.807) is 24.3 Å². The smallest absolute Gasteiger partial charge is 0.303 e. The van der Waals surface area contributed by atoms with Gasteiger partial charge in [-0.3, -0.25) is 24.5 Å². The molecule has 0 spiro atoms. The lowest BCUT2D eigenvalue weighted by Gasteiger charge is -1.89. The van der Waals surface area contributed by atoms with Crippen LogP contribution in [0.15, 0.2) is 24.3 Å². The lowest BCUT2D eigenvalue weighted by Crippen LogP contribution is -2.19. The summed E-state index contributed by atoms with van der Waals surface area (Å²) in [4.78, 5) is 41.5. The lowest BCUT2D eigenvalue weighted by atomic mass is 10.1. The average molecular weight is 279 g/mol. The molecule has 2 rings (SSSR count). The van der Waals surface area contributed by atoms with Crippen LogP contribution in [0.1, 0.15) is 40.0 Å². The van der Waals surface area contributed by atoms with E-state index in [9.17, 15) is 19.2 Å². The van der Waals surface area contributed by atoms with Crippen LogP contribution in [0.5, 0.6) is 0 Å². The van der Waals surface area contributed by atoms with Crippen molar-refractivity contribution >= 4 is 23.8 Å². The van der Waals surface area contributed by atoms with Gasteiger partial charge in [-0.1, -0.05) is 12.1 Å². The summed E-state index contributed by atoms with van der Waals surface area (Å²) in [5.41, 5.74) is 0.940. The summed E-state index contributed by atoms with van der Waals surface area (Å²) in [5.74, 6) is -2.50. The Morgan fingerprint density at radius 2 is 1.30 bits per heavy atom. The summed E-state index contributed by atoms with van der Waals surface area (Å²) in [6.45, 7) is 0. The fourth-order valence-electron chi connectivity index (χ4n) is 1.51. The highest BCUT2D eigenvalue weighted by molar-refractivity contribution is 6.21. The SMILES string of the molecule is O=C(O)CCCC(=O)O.O=C1NC(=O)c2ccccc21. The van der Waals surface area contributed by atoms with Crippen LogP contribution in [0.4, 0.5) is 0 Å². The molecule has 2 amide bonds. The van der Waals surface area contributed by atoms with Gasteiger partial charge in [0.25, 0.3) is 11.8 Å². The number of carbonyl (C=O) groups excluding carboxylic acids is 2. The van der Waals surface area contributed by atoms with E-state index < -0.39 is 11.9 Å². The highest BCUT2D eigenvalue weighted by Crippen LogP contribution is 2.13. The molecule has 1 aromatic rings. The molecular weight excluding hydrogens is 266 g/mol. The van der Waals surface area contributed by atoms with Gasteiger partial charge in [0.2, 0.25) is 0 Å². The number of nitrogens with one attached hydrogen (secondary N) is 1. The molecule has 0 atom stereocenters. The zero-order valence-corrected chi connectivity index (χ0v) is 10.5. The Hall–Kier alpha value is -2.70. The van der Waals surface area contributed by atoms with Crippen molar-refractivity contribution in [2.45, 2.75) is 19.3 Å². The fourth-order valence-corrected chi connectivity index (χ4v) is 1.51. The fraction of sp³-hybridized carbons (Fsp3) is 0.231. The van der Waals surface area contributed by atoms with Crippen molar-refractivity contribution in [1.82, 2.24) is 5.32 Å². The molecular formula is C13H13NO6. The minimum Gasteiger partial charge on any atom is -0.481 e. The van der Waals surface area contributed by atoms with Gasteiger partial charge >= 0.3 is 11.9 Å². The summed E-state index contributed by atoms with van der Waals surface area (Å²) in [6.07, 6.45) is 0.0866. The molecule has 1 heterocycles. The molecule has 1 aliphatic rings. The van der Waals surface area contributed by atoms with Crippen molar-refractivity contribution in [2.24, 2.45) is 0 Å². The summed E-state index contributed by atoms with van der Waals surface area (Å²) < 4.78 is 0. The van der Waals surface area contributed by atoms with E-state index in [4.69, 9.17) is 10.2 Å². The predicted molar refractivity (Wildman–Crippen MR) is 67.4 cm³/mol. The second-order valence-corrected chi connectivity index (χ2v) is 3.97. The molecule has 7 nitrogen and oxygen atoms in total. The Balaban J connectivity index is 0.000000206. The quantitative estimate of drug-likeness (QED) is 0.704. The number of fused-ring (bicyclic) bond motifs is 1. The van der Waals surface area contributed by atoms with Crippen LogP contribution in [-0.2, 0) is 9.59 Å². The maximum Gasteiger partial charge on any atom is 0.303 e. The number of amides is 2. The largest absolute Gasteiger partial charge is 0.481 e. The van der Waals surface area contributed by atoms with Gasteiger partial charge in [-0.15, -0.1) is 0 Å². The maximum atomic E-state index is 10.9. The maximum absolute atomic E-state index is 10.9. The highest BCUT2D eigenvalue weighted by Gasteiger charge is 2.25. The molecule has 0 fully saturated rings. The van der Waals surface area contributed by atoms with Crippen LogP contribution in [0.2, 0.25) is 0 Å². The minimum absolute atomic E-state index is 0.0632. The number of hydrogen-bond donors (Lipinski definition) is 3. The Kier molecular flexibility index (Phi) is 5.40. The van der Waals surface area contributed by atoms with Crippen molar-refractivity contribution in [3.63, 3.8) is 0 Å². The van der Waals surface area contributed by atoms with E-state index in [-0.39, 0.29) is 31.1 Å². The summed E-state index contributed by atoms with van der Waals surface area (Å²) in [5, 5.41) is 18.3. The van der Waals surface area contributed by atoms with Gasteiger partial charge in [0, 0.05) is 12.8 Å². The monoisotopic (exact) mass is 279 g/mol. The molecule has 106 valence electrons. The van der Waals surface area contributed by atoms with Crippen LogP contribution in [0, 0.1) is 0 Å². The van der Waals surface area contributed by atoms with E-state index in [1.807, 2.05) is 0 Å². The number of carbonyl (C=O) groups is 4. The Morgan fingerprint density at radius 3 is 1.65 bits per heavy atom. The lowest BCUT2D eigenvalue weighted by molar-refractivity contribution is -0.138. The van der Waals surface area contributed by atoms with E-state index in [0.29, 0.717) is 11.1 Å². The third-order valence-corrected chi connectivity index (χ3v) is 2.42. The number of carboxylic acid groups (broad SMARTS) is 2. The topological polar surface area (TPSA) is 121 Å². The van der Waals surface area contributed by atoms with E-state index in [1.165, 1.54) is 0 Å². The normalized spacial score (nSPS) is 12.0. The van der Waals surface area contributed by atoms with Crippen LogP contribution < -0.4 is 5.32 Å². The van der Waals surface area contributed by atoms with Crippen molar-refractivity contribution in [3.8, 4) is 0 Å². The predicted octanol–water partition coefficient (Wildman–Crippen LogP) is 0.896. The van der Waals surface area contributed by atoms with Crippen LogP contribution >= 0.6 is 0 Å². The van der Waals surface area contributed by atoms with Gasteiger partial charge in [-0.2, -0.15) is 0 Å². The van der Waals surface area contributed by atoms with Crippen LogP contribution in [-0.4, -0.2) is 34.0 Å². The molecule has 0 saturated heterocycles. The van der Waals surface area contributed by atoms with E-state index >= 15 is 0 Å². The van der Waals surface area contributed by atoms with E-state index in [2.05, 4.69) is 5.32 Å². The van der Waals surface area contributed by atoms with Crippen molar-refractivity contribution < 1.29 is 29.4 Å². The number of rotatable bonds is 4. The summed E-state index contributed by atoms with van der Waals surface area (Å²) in [7, 11) is 0. The minimum atomic E-state index is -0.948. The molecule has 0 unspecified atom stereocenters. The first-order valence-electron chi connectivity index (χ1n) is 5.80. The van der Waals surface area contributed by atoms with Crippen molar-refractivity contribution in [2.75, 3.05) is 0 Å². The Morgan fingerprint density at radius 1 is 0.900 bits per heavy atom. The zero-order chi connectivity index (χ0) is 15.1. The first-order chi connectivity index (χ1) is 9.41. The second-order valence-electron chi connectivity index (χ2n) is 3.97. The standard InChI is InChI=1S/C8H5NO2.C5H8O4/c10-7-5-3-1-2-4-6(5)8(11)9-7;6-4(7)2-1-3-5(8)9/h1-4H,(H,9,10,11);1-3H2,(H,6,7)(H,8,9). The number of benzene rings is 1. The summed E-state index contributed by atoms with van der Waals surface area (Å²) in [6, 6.07) is 6.74. The zero-order valence-electron chi connectivity index (χ0n) is 10.5. The summed E-state index contributed by atoms with van der Waals surface area (Å²) >= 11 is 0. The molecule has 1 aliphatic heterocycles. The number of imide groups is 1. The molecule has 0 bridgehead atoms. The molecule has 0 radical (unpaired) electrons. The van der Waals surface area contributed by atoms with Crippen LogP contribution in [0.25, 0.3) is 0 Å². The van der Waals surface area contributed by atoms with Gasteiger partial charge in [-0.25, -0.2) is 0 Å². The van der Waals surface area contributed by atoms with Crippen molar-refractivity contribution in [3.05, 3.63) is 35.4 Å². The Labute approximate surface area is 114 Å². The average Bonchev–Trinajstić information content (AvgIpc) is 2.66. The first kappa shape index (κ1) is 15.4. The highest BCUT2D eigenvalue weighted by atomic mass is 16.4. The van der Waals surface area contributed by atoms with Crippen molar-refractivity contribution in [1.29, 1.82) is 0 Å². The Bertz CT molecular complexity index is 505. The molecule has 0 saturated carbocycles. The molecule has 20 heavy (non-hydrogen) atoms. The molecule has 7 heteroatoms. The van der Waals surface area contributed by atoms with Gasteiger partial charge in [-0.05, 0) is 18.6 Å². The van der Waals surface area contributed by atoms with Gasteiger partial charge in [0.1, 0.15) is 0 Å². The van der Waals surface area contributed by atoms with Gasteiger partial charge in [0.15, 0.2) is 0 Å². The second kappa shape index (κ2) is 7.03. The molecule has 1 aromatic carbocycles. The van der Waals surface area contributed by atoms with E-state index in [0.717, 1.165) is 0 Å². The number of carboxylic acids is 2. The molecule has 3 N–H and O–H groups in total. The molecule has 0 aromatic heterocycles. The van der Waals surface area contributed by atoms with Gasteiger partial charge in [0.05, 0.1) is 11.1 Å². The number of hydrogen-bond acceptors (Lipinski definition) is 4. The third kappa shape index (κ3) is 4.52.